The Kier molecular flexibility index (Phi) is 4.09. The van der Waals surface area contributed by atoms with E-state index in [1.807, 2.05) is 12.4 Å². The number of halogens is 1. The van der Waals surface area contributed by atoms with Crippen molar-refractivity contribution < 1.29 is 4.92 Å². The van der Waals surface area contributed by atoms with E-state index in [2.05, 4.69) is 21.0 Å². The number of hydrogen-bond acceptors (Lipinski definition) is 3. The smallest absolute Gasteiger partial charge is 0.258 e. The summed E-state index contributed by atoms with van der Waals surface area (Å²) in [7, 11) is 0. The maximum absolute atomic E-state index is 10.5. The van der Waals surface area contributed by atoms with Gasteiger partial charge in [-0.05, 0) is 30.5 Å². The molecule has 1 heterocycles. The van der Waals surface area contributed by atoms with Gasteiger partial charge in [-0.3, -0.25) is 10.1 Å². The van der Waals surface area contributed by atoms with Crippen LogP contribution in [0.2, 0.25) is 0 Å². The second-order valence-electron chi connectivity index (χ2n) is 3.86. The summed E-state index contributed by atoms with van der Waals surface area (Å²) in [4.78, 5) is 10.1. The largest absolute Gasteiger partial charge is 0.269 e. The van der Waals surface area contributed by atoms with Crippen molar-refractivity contribution in [3.63, 3.8) is 0 Å². The monoisotopic (exact) mass is 309 g/mol. The lowest BCUT2D eigenvalue weighted by atomic mass is 10.2. The van der Waals surface area contributed by atoms with Crippen molar-refractivity contribution in [3.8, 4) is 5.69 Å². The average molecular weight is 310 g/mol. The summed E-state index contributed by atoms with van der Waals surface area (Å²) in [6.45, 7) is 0. The zero-order valence-corrected chi connectivity index (χ0v) is 11.2. The molecular weight excluding hydrogens is 298 g/mol. The van der Waals surface area contributed by atoms with Gasteiger partial charge in [0.15, 0.2) is 0 Å². The van der Waals surface area contributed by atoms with Gasteiger partial charge in [-0.1, -0.05) is 15.9 Å². The lowest BCUT2D eigenvalue weighted by Crippen LogP contribution is -1.95. The van der Waals surface area contributed by atoms with Gasteiger partial charge in [0, 0.05) is 23.7 Å². The molecular formula is C12H12BrN3O2. The molecule has 0 bridgehead atoms. The van der Waals surface area contributed by atoms with Crippen molar-refractivity contribution in [2.75, 3.05) is 5.33 Å². The zero-order chi connectivity index (χ0) is 13.0. The van der Waals surface area contributed by atoms with Crippen LogP contribution in [0, 0.1) is 10.1 Å². The second kappa shape index (κ2) is 5.77. The Labute approximate surface area is 113 Å². The SMILES string of the molecule is O=[N+]([O-])c1ccc(-n2cc(CCCBr)cn2)cc1. The summed E-state index contributed by atoms with van der Waals surface area (Å²) < 4.78 is 1.73. The number of nitrogens with zero attached hydrogens (tertiary/aromatic N) is 3. The minimum atomic E-state index is -0.408. The lowest BCUT2D eigenvalue weighted by Gasteiger charge is -2.00. The summed E-state index contributed by atoms with van der Waals surface area (Å²) >= 11 is 3.39. The van der Waals surface area contributed by atoms with E-state index in [0.29, 0.717) is 0 Å². The second-order valence-corrected chi connectivity index (χ2v) is 4.65. The Morgan fingerprint density at radius 2 is 2.06 bits per heavy atom. The molecule has 0 radical (unpaired) electrons. The molecule has 94 valence electrons. The molecule has 0 atom stereocenters. The Hall–Kier alpha value is -1.69. The van der Waals surface area contributed by atoms with Crippen molar-refractivity contribution in [2.45, 2.75) is 12.8 Å². The molecule has 6 heteroatoms. The molecule has 0 saturated carbocycles. The van der Waals surface area contributed by atoms with Gasteiger partial charge < -0.3 is 0 Å². The van der Waals surface area contributed by atoms with Crippen molar-refractivity contribution in [1.82, 2.24) is 9.78 Å². The van der Waals surface area contributed by atoms with Crippen molar-refractivity contribution in [2.24, 2.45) is 0 Å². The highest BCUT2D eigenvalue weighted by molar-refractivity contribution is 9.09. The number of benzene rings is 1. The summed E-state index contributed by atoms with van der Waals surface area (Å²) in [5.74, 6) is 0. The number of nitro benzene ring substituents is 1. The van der Waals surface area contributed by atoms with E-state index in [0.717, 1.165) is 29.4 Å². The van der Waals surface area contributed by atoms with Crippen LogP contribution >= 0.6 is 15.9 Å². The first-order valence-electron chi connectivity index (χ1n) is 5.55. The van der Waals surface area contributed by atoms with Gasteiger partial charge in [0.05, 0.1) is 16.8 Å². The normalized spacial score (nSPS) is 10.5. The molecule has 1 aromatic carbocycles. The number of aryl methyl sites for hydroxylation is 1. The highest BCUT2D eigenvalue weighted by Gasteiger charge is 2.06. The van der Waals surface area contributed by atoms with E-state index in [-0.39, 0.29) is 5.69 Å². The highest BCUT2D eigenvalue weighted by Crippen LogP contribution is 2.15. The number of nitro groups is 1. The molecule has 2 rings (SSSR count). The topological polar surface area (TPSA) is 61.0 Å². The molecule has 5 nitrogen and oxygen atoms in total. The predicted octanol–water partition coefficient (Wildman–Crippen LogP) is 3.11. The van der Waals surface area contributed by atoms with Gasteiger partial charge in [0.1, 0.15) is 0 Å². The number of non-ortho nitro benzene ring substituents is 1. The number of alkyl halides is 1. The molecule has 0 fully saturated rings. The fourth-order valence-electron chi connectivity index (χ4n) is 1.63. The molecule has 0 aliphatic heterocycles. The van der Waals surface area contributed by atoms with Crippen LogP contribution in [0.25, 0.3) is 5.69 Å². The Bertz CT molecular complexity index is 537. The Balaban J connectivity index is 2.15. The van der Waals surface area contributed by atoms with Gasteiger partial charge in [0.25, 0.3) is 5.69 Å². The zero-order valence-electron chi connectivity index (χ0n) is 9.62. The lowest BCUT2D eigenvalue weighted by molar-refractivity contribution is -0.384. The van der Waals surface area contributed by atoms with Crippen LogP contribution in [0.5, 0.6) is 0 Å². The number of rotatable bonds is 5. The van der Waals surface area contributed by atoms with Gasteiger partial charge >= 0.3 is 0 Å². The molecule has 0 unspecified atom stereocenters. The molecule has 1 aromatic heterocycles. The van der Waals surface area contributed by atoms with Gasteiger partial charge in [-0.2, -0.15) is 5.10 Å². The molecule has 0 aliphatic rings. The molecule has 18 heavy (non-hydrogen) atoms. The number of aromatic nitrogens is 2. The summed E-state index contributed by atoms with van der Waals surface area (Å²) in [5, 5.41) is 15.8. The molecule has 0 amide bonds. The predicted molar refractivity (Wildman–Crippen MR) is 72.3 cm³/mol. The average Bonchev–Trinajstić information content (AvgIpc) is 2.85. The fraction of sp³-hybridized carbons (Fsp3) is 0.250. The van der Waals surface area contributed by atoms with Crippen LogP contribution in [-0.4, -0.2) is 20.0 Å². The third-order valence-electron chi connectivity index (χ3n) is 2.56. The first kappa shape index (κ1) is 12.8. The Morgan fingerprint density at radius 1 is 1.33 bits per heavy atom. The molecule has 0 spiro atoms. The minimum Gasteiger partial charge on any atom is -0.258 e. The molecule has 0 aliphatic carbocycles. The third-order valence-corrected chi connectivity index (χ3v) is 3.12. The van der Waals surface area contributed by atoms with Gasteiger partial charge in [-0.15, -0.1) is 0 Å². The first-order chi connectivity index (χ1) is 8.70. The molecule has 0 N–H and O–H groups in total. The van der Waals surface area contributed by atoms with Crippen LogP contribution in [0.15, 0.2) is 36.7 Å². The quantitative estimate of drug-likeness (QED) is 0.484. The first-order valence-corrected chi connectivity index (χ1v) is 6.67. The van der Waals surface area contributed by atoms with Crippen molar-refractivity contribution in [3.05, 3.63) is 52.3 Å². The van der Waals surface area contributed by atoms with E-state index in [9.17, 15) is 10.1 Å². The summed E-state index contributed by atoms with van der Waals surface area (Å²) in [5.41, 5.74) is 2.07. The maximum Gasteiger partial charge on any atom is 0.269 e. The van der Waals surface area contributed by atoms with Crippen molar-refractivity contribution >= 4 is 21.6 Å². The fourth-order valence-corrected chi connectivity index (χ4v) is 1.91. The maximum atomic E-state index is 10.5. The van der Waals surface area contributed by atoms with Crippen LogP contribution in [0.4, 0.5) is 5.69 Å². The van der Waals surface area contributed by atoms with Crippen LogP contribution in [0.3, 0.4) is 0 Å². The summed E-state index contributed by atoms with van der Waals surface area (Å²) in [6, 6.07) is 6.35. The minimum absolute atomic E-state index is 0.0884. The number of hydrogen-bond donors (Lipinski definition) is 0. The van der Waals surface area contributed by atoms with E-state index < -0.39 is 4.92 Å². The van der Waals surface area contributed by atoms with Crippen molar-refractivity contribution in [1.29, 1.82) is 0 Å². The van der Waals surface area contributed by atoms with Crippen LogP contribution in [0.1, 0.15) is 12.0 Å². The highest BCUT2D eigenvalue weighted by atomic mass is 79.9. The van der Waals surface area contributed by atoms with Crippen LogP contribution < -0.4 is 0 Å². The van der Waals surface area contributed by atoms with E-state index in [1.54, 1.807) is 16.8 Å². The van der Waals surface area contributed by atoms with E-state index >= 15 is 0 Å². The standard InChI is InChI=1S/C12H12BrN3O2/c13-7-1-2-10-8-14-15(9-10)11-3-5-12(6-4-11)16(17)18/h3-6,8-9H,1-2,7H2. The van der Waals surface area contributed by atoms with E-state index in [4.69, 9.17) is 0 Å². The van der Waals surface area contributed by atoms with Gasteiger partial charge in [0.2, 0.25) is 0 Å². The molecule has 2 aromatic rings. The third kappa shape index (κ3) is 2.95. The van der Waals surface area contributed by atoms with Crippen LogP contribution in [-0.2, 0) is 6.42 Å². The van der Waals surface area contributed by atoms with E-state index in [1.165, 1.54) is 12.1 Å². The Morgan fingerprint density at radius 3 is 2.67 bits per heavy atom. The van der Waals surface area contributed by atoms with Gasteiger partial charge in [-0.25, -0.2) is 4.68 Å². The summed E-state index contributed by atoms with van der Waals surface area (Å²) in [6.07, 6.45) is 5.80. The molecule has 0 saturated heterocycles.